The molecule has 5 N–H and O–H groups in total. The van der Waals surface area contributed by atoms with E-state index in [0.29, 0.717) is 23.0 Å². The molecule has 31 heavy (non-hydrogen) atoms. The Hall–Kier alpha value is -2.46. The van der Waals surface area contributed by atoms with Crippen LogP contribution in [0.1, 0.15) is 44.7 Å². The van der Waals surface area contributed by atoms with Gasteiger partial charge in [0.05, 0.1) is 5.69 Å². The third-order valence-electron chi connectivity index (χ3n) is 5.51. The Labute approximate surface area is 179 Å². The second-order valence-electron chi connectivity index (χ2n) is 7.82. The van der Waals surface area contributed by atoms with Gasteiger partial charge in [-0.15, -0.1) is 0 Å². The number of unbranched alkanes of at least 4 members (excludes halogenated alkanes) is 4. The summed E-state index contributed by atoms with van der Waals surface area (Å²) >= 11 is 0. The average molecular weight is 435 g/mol. The third-order valence-corrected chi connectivity index (χ3v) is 5.51. The van der Waals surface area contributed by atoms with E-state index in [0.717, 1.165) is 32.1 Å². The van der Waals surface area contributed by atoms with E-state index in [1.807, 2.05) is 0 Å². The van der Waals surface area contributed by atoms with Crippen LogP contribution in [0.25, 0.3) is 10.9 Å². The highest BCUT2D eigenvalue weighted by Gasteiger charge is 2.48. The summed E-state index contributed by atoms with van der Waals surface area (Å²) in [6, 6.07) is 6.90. The van der Waals surface area contributed by atoms with Gasteiger partial charge in [0.25, 0.3) is 0 Å². The van der Waals surface area contributed by atoms with Crippen LogP contribution in [0.5, 0.6) is 5.75 Å². The van der Waals surface area contributed by atoms with Crippen LogP contribution in [0.3, 0.4) is 0 Å². The number of carboxylic acid groups (broad SMARTS) is 1. The maximum atomic E-state index is 13.1. The van der Waals surface area contributed by atoms with Crippen molar-refractivity contribution < 1.29 is 34.7 Å². The number of aromatic amines is 1. The maximum absolute atomic E-state index is 13.1. The number of carbonyl (C=O) groups is 1. The van der Waals surface area contributed by atoms with Gasteiger partial charge in [0.2, 0.25) is 11.7 Å². The van der Waals surface area contributed by atoms with E-state index in [1.54, 1.807) is 24.3 Å². The molecule has 1 saturated heterocycles. The molecule has 1 aromatic carbocycles. The second-order valence-corrected chi connectivity index (χ2v) is 7.82. The minimum Gasteiger partial charge on any atom is -0.479 e. The first kappa shape index (κ1) is 23.2. The zero-order valence-electron chi connectivity index (χ0n) is 17.4. The van der Waals surface area contributed by atoms with Crippen LogP contribution in [-0.2, 0) is 16.0 Å². The smallest absolute Gasteiger partial charge is 0.335 e. The number of aliphatic hydroxyl groups is 3. The highest BCUT2D eigenvalue weighted by molar-refractivity contribution is 5.80. The van der Waals surface area contributed by atoms with Crippen molar-refractivity contribution in [2.75, 3.05) is 0 Å². The highest BCUT2D eigenvalue weighted by atomic mass is 16.7. The number of hydrogen-bond acceptors (Lipinski definition) is 7. The van der Waals surface area contributed by atoms with E-state index >= 15 is 0 Å². The van der Waals surface area contributed by atoms with Gasteiger partial charge in [0.1, 0.15) is 18.3 Å². The van der Waals surface area contributed by atoms with Crippen LogP contribution < -0.4 is 10.2 Å². The Kier molecular flexibility index (Phi) is 7.66. The summed E-state index contributed by atoms with van der Waals surface area (Å²) in [5, 5.41) is 39.8. The molecule has 2 aromatic rings. The molecular weight excluding hydrogens is 406 g/mol. The summed E-state index contributed by atoms with van der Waals surface area (Å²) in [5.74, 6) is -1.61. The molecule has 0 aliphatic carbocycles. The number of benzene rings is 1. The molecule has 2 heterocycles. The number of aryl methyl sites for hydroxylation is 1. The van der Waals surface area contributed by atoms with E-state index in [-0.39, 0.29) is 5.75 Å². The van der Waals surface area contributed by atoms with E-state index < -0.39 is 42.1 Å². The molecule has 0 radical (unpaired) electrons. The van der Waals surface area contributed by atoms with Crippen LogP contribution >= 0.6 is 0 Å². The topological polar surface area (TPSA) is 149 Å². The Morgan fingerprint density at radius 1 is 1.06 bits per heavy atom. The maximum Gasteiger partial charge on any atom is 0.335 e. The number of aliphatic hydroxyl groups excluding tert-OH is 3. The molecule has 1 fully saturated rings. The van der Waals surface area contributed by atoms with Crippen molar-refractivity contribution >= 4 is 16.9 Å². The number of pyridine rings is 1. The van der Waals surface area contributed by atoms with Gasteiger partial charge in [-0.2, -0.15) is 0 Å². The Morgan fingerprint density at radius 2 is 1.77 bits per heavy atom. The monoisotopic (exact) mass is 435 g/mol. The molecule has 1 aliphatic heterocycles. The predicted molar refractivity (Wildman–Crippen MR) is 112 cm³/mol. The summed E-state index contributed by atoms with van der Waals surface area (Å²) in [6.45, 7) is 2.12. The Bertz CT molecular complexity index is 958. The zero-order valence-corrected chi connectivity index (χ0v) is 17.4. The van der Waals surface area contributed by atoms with Crippen molar-refractivity contribution in [3.63, 3.8) is 0 Å². The molecule has 0 spiro atoms. The SMILES string of the molecule is CCCCCCCc1[nH]c2ccccc2c(=O)c1O[C@@H]1OC(C(=O)O)[C@H](O)C(O)[C@H]1O. The number of H-pyrrole nitrogens is 1. The summed E-state index contributed by atoms with van der Waals surface area (Å²) in [4.78, 5) is 27.7. The summed E-state index contributed by atoms with van der Waals surface area (Å²) in [6.07, 6.45) is -3.25. The van der Waals surface area contributed by atoms with Gasteiger partial charge in [-0.1, -0.05) is 44.7 Å². The number of aliphatic carboxylic acids is 1. The normalized spacial score (nSPS) is 26.1. The first-order valence-electron chi connectivity index (χ1n) is 10.6. The van der Waals surface area contributed by atoms with E-state index in [4.69, 9.17) is 9.47 Å². The first-order chi connectivity index (χ1) is 14.8. The Morgan fingerprint density at radius 3 is 2.48 bits per heavy atom. The lowest BCUT2D eigenvalue weighted by Crippen LogP contribution is -2.61. The molecule has 9 heteroatoms. The fourth-order valence-corrected chi connectivity index (χ4v) is 3.74. The summed E-state index contributed by atoms with van der Waals surface area (Å²) in [5.41, 5.74) is 0.706. The minimum absolute atomic E-state index is 0.0917. The van der Waals surface area contributed by atoms with Crippen molar-refractivity contribution in [1.82, 2.24) is 4.98 Å². The van der Waals surface area contributed by atoms with Gasteiger partial charge in [-0.05, 0) is 25.0 Å². The van der Waals surface area contributed by atoms with Crippen LogP contribution in [0.4, 0.5) is 0 Å². The Balaban J connectivity index is 1.91. The molecule has 170 valence electrons. The van der Waals surface area contributed by atoms with Gasteiger partial charge in [0, 0.05) is 10.9 Å². The predicted octanol–water partition coefficient (Wildman–Crippen LogP) is 1.31. The van der Waals surface area contributed by atoms with Gasteiger partial charge in [-0.25, -0.2) is 4.79 Å². The van der Waals surface area contributed by atoms with Crippen molar-refractivity contribution in [3.8, 4) is 5.75 Å². The largest absolute Gasteiger partial charge is 0.479 e. The van der Waals surface area contributed by atoms with Crippen molar-refractivity contribution in [3.05, 3.63) is 40.2 Å². The molecule has 5 atom stereocenters. The average Bonchev–Trinajstić information content (AvgIpc) is 2.75. The number of nitrogens with one attached hydrogen (secondary N) is 1. The minimum atomic E-state index is -1.83. The van der Waals surface area contributed by atoms with E-state index in [9.17, 15) is 30.0 Å². The first-order valence-corrected chi connectivity index (χ1v) is 10.6. The quantitative estimate of drug-likeness (QED) is 0.370. The number of ether oxygens (including phenoxy) is 2. The van der Waals surface area contributed by atoms with Gasteiger partial charge < -0.3 is 34.9 Å². The van der Waals surface area contributed by atoms with Gasteiger partial charge >= 0.3 is 5.97 Å². The van der Waals surface area contributed by atoms with Crippen LogP contribution in [0, 0.1) is 0 Å². The standard InChI is InChI=1S/C22H29NO8/c1-2-3-4-5-6-11-14-19(15(24)12-9-7-8-10-13(12)23-14)30-22-18(27)16(25)17(26)20(31-22)21(28)29/h7-10,16-18,20,22,25-27H,2-6,11H2,1H3,(H,23,24)(H,28,29)/t16?,17-,18-,20?,22-/m1/s1. The van der Waals surface area contributed by atoms with Gasteiger partial charge in [-0.3, -0.25) is 4.79 Å². The number of para-hydroxylation sites is 1. The fourth-order valence-electron chi connectivity index (χ4n) is 3.74. The highest BCUT2D eigenvalue weighted by Crippen LogP contribution is 2.26. The number of rotatable bonds is 9. The number of aromatic nitrogens is 1. The van der Waals surface area contributed by atoms with Crippen molar-refractivity contribution in [1.29, 1.82) is 0 Å². The van der Waals surface area contributed by atoms with Crippen molar-refractivity contribution in [2.24, 2.45) is 0 Å². The van der Waals surface area contributed by atoms with E-state index in [2.05, 4.69) is 11.9 Å². The van der Waals surface area contributed by atoms with E-state index in [1.165, 1.54) is 0 Å². The lowest BCUT2D eigenvalue weighted by molar-refractivity contribution is -0.271. The zero-order chi connectivity index (χ0) is 22.5. The lowest BCUT2D eigenvalue weighted by Gasteiger charge is -2.38. The fraction of sp³-hybridized carbons (Fsp3) is 0.545. The number of fused-ring (bicyclic) bond motifs is 1. The third kappa shape index (κ3) is 5.07. The molecule has 0 saturated carbocycles. The molecule has 3 rings (SSSR count). The van der Waals surface area contributed by atoms with Gasteiger partial charge in [0.15, 0.2) is 11.9 Å². The second kappa shape index (κ2) is 10.2. The number of hydrogen-bond donors (Lipinski definition) is 5. The molecule has 1 aliphatic rings. The lowest BCUT2D eigenvalue weighted by atomic mass is 9.99. The van der Waals surface area contributed by atoms with Crippen LogP contribution in [0.2, 0.25) is 0 Å². The molecule has 2 unspecified atom stereocenters. The van der Waals surface area contributed by atoms with Crippen LogP contribution in [0.15, 0.2) is 29.1 Å². The van der Waals surface area contributed by atoms with Crippen LogP contribution in [-0.4, -0.2) is 62.1 Å². The molecule has 9 nitrogen and oxygen atoms in total. The molecular formula is C22H29NO8. The number of carboxylic acids is 1. The summed E-state index contributed by atoms with van der Waals surface area (Å²) in [7, 11) is 0. The summed E-state index contributed by atoms with van der Waals surface area (Å²) < 4.78 is 10.9. The van der Waals surface area contributed by atoms with Crippen molar-refractivity contribution in [2.45, 2.75) is 76.2 Å². The molecule has 0 bridgehead atoms. The molecule has 0 amide bonds. The molecule has 1 aromatic heterocycles.